The minimum Gasteiger partial charge on any atom is -0.478 e. The number of hydrogen-bond donors (Lipinski definition) is 3. The van der Waals surface area contributed by atoms with Crippen LogP contribution in [-0.4, -0.2) is 26.0 Å². The minimum atomic E-state index is -4.50. The van der Waals surface area contributed by atoms with Crippen LogP contribution in [0.1, 0.15) is 23.2 Å². The molecule has 0 heterocycles. The topological polar surface area (TPSA) is 119 Å². The van der Waals surface area contributed by atoms with Gasteiger partial charge in [-0.3, -0.25) is 0 Å². The number of anilines is 1. The molecule has 0 unspecified atom stereocenters. The summed E-state index contributed by atoms with van der Waals surface area (Å²) in [4.78, 5) is 10.6. The van der Waals surface area contributed by atoms with Crippen LogP contribution in [-0.2, 0) is 10.0 Å². The Balaban J connectivity index is 2.15. The molecule has 0 radical (unpaired) electrons. The van der Waals surface area contributed by atoms with Crippen molar-refractivity contribution in [2.75, 3.05) is 11.9 Å². The van der Waals surface area contributed by atoms with Gasteiger partial charge in [-0.1, -0.05) is 0 Å². The number of hydrogen-bond acceptors (Lipinski definition) is 5. The molecule has 4 N–H and O–H groups in total. The van der Waals surface area contributed by atoms with Crippen molar-refractivity contribution >= 4 is 21.7 Å². The second-order valence-electron chi connectivity index (χ2n) is 6.30. The monoisotopic (exact) mass is 416 g/mol. The van der Waals surface area contributed by atoms with Crippen molar-refractivity contribution in [2.24, 2.45) is 11.1 Å². The fraction of sp³-hybridized carbons (Fsp3) is 0.235. The van der Waals surface area contributed by atoms with Crippen LogP contribution in [0.25, 0.3) is 0 Å². The number of nitrogens with one attached hydrogen (secondary N) is 1. The first-order valence-electron chi connectivity index (χ1n) is 8.07. The number of rotatable bonds is 7. The van der Waals surface area contributed by atoms with E-state index in [1.807, 2.05) is 0 Å². The van der Waals surface area contributed by atoms with Gasteiger partial charge >= 0.3 is 5.97 Å². The van der Waals surface area contributed by atoms with Crippen LogP contribution in [0.3, 0.4) is 0 Å². The van der Waals surface area contributed by atoms with E-state index in [-0.39, 0.29) is 5.69 Å². The summed E-state index contributed by atoms with van der Waals surface area (Å²) in [6, 6.07) is 3.21. The average molecular weight is 416 g/mol. The molecule has 1 saturated carbocycles. The maximum atomic E-state index is 14.0. The number of carboxylic acid groups (broad SMARTS) is 1. The predicted octanol–water partition coefficient (Wildman–Crippen LogP) is 3.06. The van der Waals surface area contributed by atoms with Gasteiger partial charge in [0.05, 0.1) is 11.3 Å². The molecule has 1 fully saturated rings. The Labute approximate surface area is 158 Å². The van der Waals surface area contributed by atoms with E-state index < -0.39 is 55.4 Å². The molecule has 0 amide bonds. The Kier molecular flexibility index (Phi) is 5.22. The van der Waals surface area contributed by atoms with Crippen molar-refractivity contribution in [1.29, 1.82) is 0 Å². The molecule has 11 heteroatoms. The molecule has 0 saturated heterocycles. The van der Waals surface area contributed by atoms with Gasteiger partial charge in [0.1, 0.15) is 4.90 Å². The number of ether oxygens (including phenoxy) is 1. The summed E-state index contributed by atoms with van der Waals surface area (Å²) in [5.74, 6) is -7.35. The number of benzene rings is 2. The average Bonchev–Trinajstić information content (AvgIpc) is 3.44. The summed E-state index contributed by atoms with van der Waals surface area (Å²) in [5, 5.41) is 17.2. The van der Waals surface area contributed by atoms with E-state index in [9.17, 15) is 31.5 Å². The van der Waals surface area contributed by atoms with Gasteiger partial charge in [0, 0.05) is 6.54 Å². The standard InChI is InChI=1S/C17H15F3N2O5S/c18-10-3-4-12(15(20)14(10)19)27-16-11(22-7-8-1-2-8)5-9(17(23)24)6-13(16)28(21,25)26/h3-6,8,22H,1-2,7H2,(H,23,24)(H2,21,25,26). The van der Waals surface area contributed by atoms with Crippen LogP contribution in [0.2, 0.25) is 0 Å². The lowest BCUT2D eigenvalue weighted by atomic mass is 10.1. The first-order valence-corrected chi connectivity index (χ1v) is 9.62. The molecule has 0 aromatic heterocycles. The van der Waals surface area contributed by atoms with Gasteiger partial charge in [0.2, 0.25) is 15.8 Å². The number of sulfonamides is 1. The molecular formula is C17H15F3N2O5S. The smallest absolute Gasteiger partial charge is 0.335 e. The summed E-state index contributed by atoms with van der Waals surface area (Å²) in [5.41, 5.74) is -0.486. The highest BCUT2D eigenvalue weighted by atomic mass is 32.2. The minimum absolute atomic E-state index is 0.0834. The van der Waals surface area contributed by atoms with Crippen molar-refractivity contribution in [3.63, 3.8) is 0 Å². The molecule has 0 bridgehead atoms. The molecule has 28 heavy (non-hydrogen) atoms. The molecule has 7 nitrogen and oxygen atoms in total. The summed E-state index contributed by atoms with van der Waals surface area (Å²) in [6.07, 6.45) is 1.86. The summed E-state index contributed by atoms with van der Waals surface area (Å²) >= 11 is 0. The van der Waals surface area contributed by atoms with E-state index in [0.29, 0.717) is 18.5 Å². The zero-order valence-corrected chi connectivity index (χ0v) is 15.0. The fourth-order valence-electron chi connectivity index (χ4n) is 2.45. The van der Waals surface area contributed by atoms with E-state index in [0.717, 1.165) is 31.0 Å². The van der Waals surface area contributed by atoms with Gasteiger partial charge in [-0.15, -0.1) is 0 Å². The summed E-state index contributed by atoms with van der Waals surface area (Å²) in [6.45, 7) is 0.379. The van der Waals surface area contributed by atoms with Gasteiger partial charge in [-0.2, -0.15) is 4.39 Å². The summed E-state index contributed by atoms with van der Waals surface area (Å²) < 4.78 is 69.8. The lowest BCUT2D eigenvalue weighted by Crippen LogP contribution is -2.16. The van der Waals surface area contributed by atoms with Gasteiger partial charge < -0.3 is 15.2 Å². The molecule has 0 spiro atoms. The van der Waals surface area contributed by atoms with Crippen LogP contribution in [0.5, 0.6) is 11.5 Å². The summed E-state index contributed by atoms with van der Waals surface area (Å²) in [7, 11) is -4.50. The van der Waals surface area contributed by atoms with E-state index in [1.54, 1.807) is 0 Å². The highest BCUT2D eigenvalue weighted by Gasteiger charge is 2.27. The van der Waals surface area contributed by atoms with E-state index >= 15 is 0 Å². The van der Waals surface area contributed by atoms with Gasteiger partial charge in [0.15, 0.2) is 23.1 Å². The van der Waals surface area contributed by atoms with Crippen LogP contribution >= 0.6 is 0 Å². The largest absolute Gasteiger partial charge is 0.478 e. The number of carbonyl (C=O) groups is 1. The molecular weight excluding hydrogens is 401 g/mol. The third-order valence-corrected chi connectivity index (χ3v) is 5.01. The van der Waals surface area contributed by atoms with Crippen molar-refractivity contribution in [2.45, 2.75) is 17.7 Å². The van der Waals surface area contributed by atoms with Crippen LogP contribution in [0.15, 0.2) is 29.2 Å². The Morgan fingerprint density at radius 2 is 1.89 bits per heavy atom. The second kappa shape index (κ2) is 7.32. The Morgan fingerprint density at radius 3 is 2.46 bits per heavy atom. The molecule has 2 aromatic rings. The Bertz CT molecular complexity index is 1060. The molecule has 3 rings (SSSR count). The van der Waals surface area contributed by atoms with E-state index in [4.69, 9.17) is 9.88 Å². The predicted molar refractivity (Wildman–Crippen MR) is 92.4 cm³/mol. The molecule has 1 aliphatic rings. The van der Waals surface area contributed by atoms with Gasteiger partial charge in [0.25, 0.3) is 0 Å². The fourth-order valence-corrected chi connectivity index (χ4v) is 3.15. The van der Waals surface area contributed by atoms with Crippen LogP contribution in [0.4, 0.5) is 18.9 Å². The zero-order valence-electron chi connectivity index (χ0n) is 14.2. The molecule has 150 valence electrons. The number of aromatic carboxylic acids is 1. The number of nitrogens with two attached hydrogens (primary N) is 1. The zero-order chi connectivity index (χ0) is 20.6. The molecule has 2 aromatic carbocycles. The highest BCUT2D eigenvalue weighted by Crippen LogP contribution is 2.39. The Morgan fingerprint density at radius 1 is 1.21 bits per heavy atom. The number of primary sulfonamides is 1. The second-order valence-corrected chi connectivity index (χ2v) is 7.83. The third kappa shape index (κ3) is 4.20. The van der Waals surface area contributed by atoms with Gasteiger partial charge in [-0.05, 0) is 43.0 Å². The SMILES string of the molecule is NS(=O)(=O)c1cc(C(=O)O)cc(NCC2CC2)c1Oc1ccc(F)c(F)c1F. The Hall–Kier alpha value is -2.79. The van der Waals surface area contributed by atoms with Crippen molar-refractivity contribution in [3.05, 3.63) is 47.3 Å². The van der Waals surface area contributed by atoms with Crippen molar-refractivity contribution in [3.8, 4) is 11.5 Å². The van der Waals surface area contributed by atoms with Crippen molar-refractivity contribution in [1.82, 2.24) is 0 Å². The first-order chi connectivity index (χ1) is 13.1. The lowest BCUT2D eigenvalue weighted by Gasteiger charge is -2.17. The third-order valence-electron chi connectivity index (χ3n) is 4.10. The highest BCUT2D eigenvalue weighted by molar-refractivity contribution is 7.89. The van der Waals surface area contributed by atoms with Crippen LogP contribution in [0, 0.1) is 23.4 Å². The molecule has 0 atom stereocenters. The van der Waals surface area contributed by atoms with E-state index in [1.165, 1.54) is 0 Å². The first kappa shape index (κ1) is 20.0. The number of halogens is 3. The maximum Gasteiger partial charge on any atom is 0.335 e. The van der Waals surface area contributed by atoms with Gasteiger partial charge in [-0.25, -0.2) is 27.1 Å². The van der Waals surface area contributed by atoms with E-state index in [2.05, 4.69) is 5.32 Å². The van der Waals surface area contributed by atoms with Crippen LogP contribution < -0.4 is 15.2 Å². The number of carboxylic acids is 1. The quantitative estimate of drug-likeness (QED) is 0.597. The molecule has 0 aliphatic heterocycles. The maximum absolute atomic E-state index is 14.0. The lowest BCUT2D eigenvalue weighted by molar-refractivity contribution is 0.0696. The molecule has 1 aliphatic carbocycles. The normalized spacial score (nSPS) is 14.0. The van der Waals surface area contributed by atoms with Crippen molar-refractivity contribution < 1.29 is 36.2 Å².